The van der Waals surface area contributed by atoms with Gasteiger partial charge in [0.05, 0.1) is 24.0 Å². The molecule has 3 rings (SSSR count). The van der Waals surface area contributed by atoms with E-state index in [1.54, 1.807) is 17.1 Å². The van der Waals surface area contributed by atoms with Gasteiger partial charge in [-0.15, -0.1) is 0 Å². The number of anilines is 1. The highest BCUT2D eigenvalue weighted by Gasteiger charge is 2.26. The van der Waals surface area contributed by atoms with Crippen molar-refractivity contribution >= 4 is 11.7 Å². The number of nitrogens with one attached hydrogen (secondary N) is 1. The lowest BCUT2D eigenvalue weighted by Gasteiger charge is -2.32. The summed E-state index contributed by atoms with van der Waals surface area (Å²) in [4.78, 5) is 23.5. The molecule has 0 aliphatic carbocycles. The Morgan fingerprint density at radius 2 is 2.12 bits per heavy atom. The maximum absolute atomic E-state index is 12.3. The van der Waals surface area contributed by atoms with E-state index in [4.69, 9.17) is 4.98 Å². The number of hydrogen-bond donors (Lipinski definition) is 1. The number of piperidine rings is 1. The van der Waals surface area contributed by atoms with Gasteiger partial charge in [-0.05, 0) is 39.2 Å². The van der Waals surface area contributed by atoms with Gasteiger partial charge < -0.3 is 10.2 Å². The van der Waals surface area contributed by atoms with Crippen LogP contribution in [0, 0.1) is 19.8 Å². The van der Waals surface area contributed by atoms with Crippen molar-refractivity contribution in [2.45, 2.75) is 40.0 Å². The van der Waals surface area contributed by atoms with Crippen LogP contribution in [-0.2, 0) is 4.79 Å². The Morgan fingerprint density at radius 1 is 1.32 bits per heavy atom. The zero-order valence-electron chi connectivity index (χ0n) is 15.2. The van der Waals surface area contributed by atoms with Crippen molar-refractivity contribution in [1.82, 2.24) is 25.1 Å². The second-order valence-electron chi connectivity index (χ2n) is 6.65. The van der Waals surface area contributed by atoms with Gasteiger partial charge in [0.2, 0.25) is 5.91 Å². The molecule has 1 unspecified atom stereocenters. The molecule has 1 saturated heterocycles. The molecule has 2 aromatic heterocycles. The van der Waals surface area contributed by atoms with Gasteiger partial charge in [-0.2, -0.15) is 5.10 Å². The maximum atomic E-state index is 12.3. The molecule has 0 bridgehead atoms. The van der Waals surface area contributed by atoms with Crippen LogP contribution in [0.15, 0.2) is 18.5 Å². The van der Waals surface area contributed by atoms with Crippen LogP contribution in [0.25, 0.3) is 5.82 Å². The first kappa shape index (κ1) is 17.4. The fourth-order valence-electron chi connectivity index (χ4n) is 3.25. The fraction of sp³-hybridized carbons (Fsp3) is 0.556. The first-order valence-corrected chi connectivity index (χ1v) is 8.97. The summed E-state index contributed by atoms with van der Waals surface area (Å²) in [6, 6.07) is 2.02. The molecule has 0 radical (unpaired) electrons. The van der Waals surface area contributed by atoms with Gasteiger partial charge >= 0.3 is 0 Å². The summed E-state index contributed by atoms with van der Waals surface area (Å²) in [6.45, 7) is 8.35. The third kappa shape index (κ3) is 3.97. The first-order chi connectivity index (χ1) is 12.1. The highest BCUT2D eigenvalue weighted by atomic mass is 16.1. The fourth-order valence-corrected chi connectivity index (χ4v) is 3.25. The summed E-state index contributed by atoms with van der Waals surface area (Å²) in [5.41, 5.74) is 1.98. The molecule has 0 spiro atoms. The molecule has 1 aliphatic heterocycles. The Kier molecular flexibility index (Phi) is 5.31. The third-order valence-corrected chi connectivity index (χ3v) is 4.50. The predicted octanol–water partition coefficient (Wildman–Crippen LogP) is 2.02. The van der Waals surface area contributed by atoms with Gasteiger partial charge in [-0.25, -0.2) is 9.67 Å². The monoisotopic (exact) mass is 342 g/mol. The van der Waals surface area contributed by atoms with E-state index < -0.39 is 0 Å². The molecular formula is C18H26N6O. The Bertz CT molecular complexity index is 741. The molecule has 1 N–H and O–H groups in total. The van der Waals surface area contributed by atoms with Crippen molar-refractivity contribution in [3.05, 3.63) is 29.8 Å². The van der Waals surface area contributed by atoms with Crippen molar-refractivity contribution in [2.24, 2.45) is 5.92 Å². The second kappa shape index (κ2) is 7.63. The summed E-state index contributed by atoms with van der Waals surface area (Å²) in [7, 11) is 0. The highest BCUT2D eigenvalue weighted by molar-refractivity contribution is 5.79. The van der Waals surface area contributed by atoms with Crippen molar-refractivity contribution in [2.75, 3.05) is 24.5 Å². The number of amides is 1. The number of carbonyl (C=O) groups excluding carboxylic acids is 1. The van der Waals surface area contributed by atoms with E-state index in [2.05, 4.69) is 27.2 Å². The van der Waals surface area contributed by atoms with Gasteiger partial charge in [0.15, 0.2) is 5.82 Å². The van der Waals surface area contributed by atoms with Gasteiger partial charge in [-0.1, -0.05) is 6.92 Å². The molecule has 0 saturated carbocycles. The average molecular weight is 342 g/mol. The van der Waals surface area contributed by atoms with Gasteiger partial charge in [0.1, 0.15) is 5.82 Å². The Labute approximate surface area is 148 Å². The summed E-state index contributed by atoms with van der Waals surface area (Å²) in [5, 5.41) is 7.48. The maximum Gasteiger partial charge on any atom is 0.224 e. The van der Waals surface area contributed by atoms with Crippen molar-refractivity contribution in [3.63, 3.8) is 0 Å². The minimum atomic E-state index is 0.0134. The SMILES string of the molecule is CCCNC(=O)C1CCCN(c2cncc(-n3nc(C)cc3C)n2)C1. The van der Waals surface area contributed by atoms with E-state index in [1.807, 2.05) is 19.9 Å². The summed E-state index contributed by atoms with van der Waals surface area (Å²) in [5.74, 6) is 1.67. The normalized spacial score (nSPS) is 17.6. The number of aryl methyl sites for hydroxylation is 2. The molecule has 25 heavy (non-hydrogen) atoms. The number of aromatic nitrogens is 4. The Morgan fingerprint density at radius 3 is 2.84 bits per heavy atom. The quantitative estimate of drug-likeness (QED) is 0.900. The molecule has 1 atom stereocenters. The van der Waals surface area contributed by atoms with Crippen LogP contribution in [0.4, 0.5) is 5.82 Å². The predicted molar refractivity (Wildman–Crippen MR) is 96.9 cm³/mol. The summed E-state index contributed by atoms with van der Waals surface area (Å²) >= 11 is 0. The lowest BCUT2D eigenvalue weighted by molar-refractivity contribution is -0.125. The molecule has 1 fully saturated rings. The van der Waals surface area contributed by atoms with Crippen LogP contribution in [0.2, 0.25) is 0 Å². The molecular weight excluding hydrogens is 316 g/mol. The van der Waals surface area contributed by atoms with E-state index in [-0.39, 0.29) is 11.8 Å². The van der Waals surface area contributed by atoms with Crippen LogP contribution >= 0.6 is 0 Å². The molecule has 7 nitrogen and oxygen atoms in total. The largest absolute Gasteiger partial charge is 0.356 e. The standard InChI is InChI=1S/C18H26N6O/c1-4-7-20-18(25)15-6-5-8-23(12-15)16-10-19-11-17(21-16)24-14(3)9-13(2)22-24/h9-11,15H,4-8,12H2,1-3H3,(H,20,25). The van der Waals surface area contributed by atoms with E-state index in [0.717, 1.165) is 49.6 Å². The van der Waals surface area contributed by atoms with Crippen LogP contribution in [0.1, 0.15) is 37.6 Å². The van der Waals surface area contributed by atoms with Crippen LogP contribution < -0.4 is 10.2 Å². The lowest BCUT2D eigenvalue weighted by Crippen LogP contribution is -2.43. The van der Waals surface area contributed by atoms with Crippen molar-refractivity contribution < 1.29 is 4.79 Å². The van der Waals surface area contributed by atoms with E-state index in [9.17, 15) is 4.79 Å². The number of carbonyl (C=O) groups is 1. The molecule has 1 amide bonds. The lowest BCUT2D eigenvalue weighted by atomic mass is 9.97. The number of rotatable bonds is 5. The first-order valence-electron chi connectivity index (χ1n) is 8.97. The zero-order valence-corrected chi connectivity index (χ0v) is 15.2. The van der Waals surface area contributed by atoms with Crippen molar-refractivity contribution in [3.8, 4) is 5.82 Å². The van der Waals surface area contributed by atoms with Gasteiger partial charge in [0, 0.05) is 25.3 Å². The number of hydrogen-bond acceptors (Lipinski definition) is 5. The highest BCUT2D eigenvalue weighted by Crippen LogP contribution is 2.22. The minimum Gasteiger partial charge on any atom is -0.356 e. The van der Waals surface area contributed by atoms with Crippen molar-refractivity contribution in [1.29, 1.82) is 0 Å². The molecule has 0 aromatic carbocycles. The molecule has 134 valence electrons. The zero-order chi connectivity index (χ0) is 17.8. The average Bonchev–Trinajstić information content (AvgIpc) is 2.98. The van der Waals surface area contributed by atoms with Gasteiger partial charge in [0.25, 0.3) is 0 Å². The molecule has 2 aromatic rings. The van der Waals surface area contributed by atoms with Crippen LogP contribution in [0.3, 0.4) is 0 Å². The summed E-state index contributed by atoms with van der Waals surface area (Å²) in [6.07, 6.45) is 6.35. The van der Waals surface area contributed by atoms with Crippen LogP contribution in [-0.4, -0.2) is 45.3 Å². The minimum absolute atomic E-state index is 0.0134. The van der Waals surface area contributed by atoms with E-state index >= 15 is 0 Å². The topological polar surface area (TPSA) is 75.9 Å². The van der Waals surface area contributed by atoms with E-state index in [1.165, 1.54) is 0 Å². The van der Waals surface area contributed by atoms with Gasteiger partial charge in [-0.3, -0.25) is 9.78 Å². The summed E-state index contributed by atoms with van der Waals surface area (Å²) < 4.78 is 1.81. The Balaban J connectivity index is 1.76. The molecule has 7 heteroatoms. The molecule has 1 aliphatic rings. The smallest absolute Gasteiger partial charge is 0.224 e. The molecule has 3 heterocycles. The van der Waals surface area contributed by atoms with E-state index in [0.29, 0.717) is 12.4 Å². The second-order valence-corrected chi connectivity index (χ2v) is 6.65. The van der Waals surface area contributed by atoms with Crippen LogP contribution in [0.5, 0.6) is 0 Å². The third-order valence-electron chi connectivity index (χ3n) is 4.50. The number of nitrogens with zero attached hydrogens (tertiary/aromatic N) is 5. The Hall–Kier alpha value is -2.44.